The number of carbonyl (C=O) groups is 1. The van der Waals surface area contributed by atoms with E-state index in [0.29, 0.717) is 11.7 Å². The molecule has 64 valence electrons. The third-order valence-electron chi connectivity index (χ3n) is 2.32. The smallest absolute Gasteiger partial charge is 0.181 e. The van der Waals surface area contributed by atoms with Crippen LogP contribution in [0, 0.1) is 0 Å². The fraction of sp³-hybridized carbons (Fsp3) is 0.625. The van der Waals surface area contributed by atoms with Gasteiger partial charge < -0.3 is 0 Å². The molecule has 4 heteroatoms. The minimum atomic E-state index is -0.0134. The first-order valence-corrected chi connectivity index (χ1v) is 4.20. The van der Waals surface area contributed by atoms with Crippen molar-refractivity contribution in [2.45, 2.75) is 32.2 Å². The Bertz CT molecular complexity index is 301. The van der Waals surface area contributed by atoms with Crippen molar-refractivity contribution in [3.05, 3.63) is 11.9 Å². The van der Waals surface area contributed by atoms with Crippen LogP contribution in [0.4, 0.5) is 0 Å². The molecule has 12 heavy (non-hydrogen) atoms. The van der Waals surface area contributed by atoms with Gasteiger partial charge in [0.2, 0.25) is 0 Å². The first kappa shape index (κ1) is 7.46. The molecule has 0 unspecified atom stereocenters. The molecule has 0 spiro atoms. The minimum Gasteiger partial charge on any atom is -0.293 e. The highest BCUT2D eigenvalue weighted by Crippen LogP contribution is 2.30. The average Bonchev–Trinajstić information content (AvgIpc) is 2.32. The average molecular weight is 165 g/mol. The number of ketones is 1. The monoisotopic (exact) mass is 165 g/mol. The minimum absolute atomic E-state index is 0.0134. The van der Waals surface area contributed by atoms with E-state index in [9.17, 15) is 4.79 Å². The van der Waals surface area contributed by atoms with E-state index >= 15 is 0 Å². The molecule has 0 bridgehead atoms. The fourth-order valence-corrected chi connectivity index (χ4v) is 1.27. The Balaban J connectivity index is 2.17. The number of aromatic nitrogens is 3. The molecule has 1 saturated carbocycles. The number of rotatable bonds is 2. The third kappa shape index (κ3) is 1.13. The Morgan fingerprint density at radius 2 is 2.42 bits per heavy atom. The first-order chi connectivity index (χ1) is 5.77. The van der Waals surface area contributed by atoms with Crippen LogP contribution in [0.15, 0.2) is 6.20 Å². The summed E-state index contributed by atoms with van der Waals surface area (Å²) >= 11 is 0. The fourth-order valence-electron chi connectivity index (χ4n) is 1.27. The molecule has 1 fully saturated rings. The molecule has 0 amide bonds. The quantitative estimate of drug-likeness (QED) is 0.619. The van der Waals surface area contributed by atoms with Crippen LogP contribution in [0.5, 0.6) is 0 Å². The van der Waals surface area contributed by atoms with Gasteiger partial charge in [-0.05, 0) is 19.3 Å². The standard InChI is InChI=1S/C8H11N3O/c1-6(12)8-5-11(10-9-8)7-3-2-4-7/h5,7H,2-4H2,1H3. The summed E-state index contributed by atoms with van der Waals surface area (Å²) < 4.78 is 1.81. The maximum absolute atomic E-state index is 10.9. The van der Waals surface area contributed by atoms with Gasteiger partial charge in [0, 0.05) is 6.92 Å². The van der Waals surface area contributed by atoms with Gasteiger partial charge in [0.1, 0.15) is 5.69 Å². The Morgan fingerprint density at radius 1 is 1.67 bits per heavy atom. The van der Waals surface area contributed by atoms with Crippen molar-refractivity contribution in [1.29, 1.82) is 0 Å². The highest BCUT2D eigenvalue weighted by molar-refractivity contribution is 5.91. The van der Waals surface area contributed by atoms with E-state index in [1.165, 1.54) is 26.2 Å². The van der Waals surface area contributed by atoms with Crippen LogP contribution in [0.3, 0.4) is 0 Å². The van der Waals surface area contributed by atoms with E-state index in [0.717, 1.165) is 0 Å². The Kier molecular flexibility index (Phi) is 1.67. The van der Waals surface area contributed by atoms with Crippen LogP contribution in [0.25, 0.3) is 0 Å². The number of nitrogens with zero attached hydrogens (tertiary/aromatic N) is 3. The molecule has 0 radical (unpaired) electrons. The summed E-state index contributed by atoms with van der Waals surface area (Å²) in [6.07, 6.45) is 5.34. The molecule has 4 nitrogen and oxygen atoms in total. The van der Waals surface area contributed by atoms with Crippen molar-refractivity contribution < 1.29 is 4.79 Å². The third-order valence-corrected chi connectivity index (χ3v) is 2.32. The molecule has 0 saturated heterocycles. The molecule has 2 rings (SSSR count). The Hall–Kier alpha value is -1.19. The molecule has 0 atom stereocenters. The van der Waals surface area contributed by atoms with Crippen molar-refractivity contribution in [2.24, 2.45) is 0 Å². The van der Waals surface area contributed by atoms with Gasteiger partial charge >= 0.3 is 0 Å². The van der Waals surface area contributed by atoms with Gasteiger partial charge in [-0.25, -0.2) is 4.68 Å². The van der Waals surface area contributed by atoms with Gasteiger partial charge in [-0.3, -0.25) is 4.79 Å². The molecule has 1 aromatic rings. The van der Waals surface area contributed by atoms with E-state index in [4.69, 9.17) is 0 Å². The van der Waals surface area contributed by atoms with Crippen molar-refractivity contribution in [1.82, 2.24) is 15.0 Å². The van der Waals surface area contributed by atoms with Crippen molar-refractivity contribution in [2.75, 3.05) is 0 Å². The normalized spacial score (nSPS) is 17.4. The molecule has 1 aliphatic rings. The SMILES string of the molecule is CC(=O)c1cn(C2CCC2)nn1. The summed E-state index contributed by atoms with van der Waals surface area (Å²) in [7, 11) is 0. The lowest BCUT2D eigenvalue weighted by atomic mass is 9.93. The zero-order valence-electron chi connectivity index (χ0n) is 7.03. The number of hydrogen-bond acceptors (Lipinski definition) is 3. The maximum Gasteiger partial charge on any atom is 0.181 e. The van der Waals surface area contributed by atoms with Crippen molar-refractivity contribution in [3.63, 3.8) is 0 Å². The van der Waals surface area contributed by atoms with Crippen LogP contribution in [-0.2, 0) is 0 Å². The first-order valence-electron chi connectivity index (χ1n) is 4.20. The van der Waals surface area contributed by atoms with Gasteiger partial charge in [0.25, 0.3) is 0 Å². The predicted molar refractivity (Wildman–Crippen MR) is 42.9 cm³/mol. The second-order valence-electron chi connectivity index (χ2n) is 3.22. The summed E-state index contributed by atoms with van der Waals surface area (Å²) in [6.45, 7) is 1.51. The predicted octanol–water partition coefficient (Wildman–Crippen LogP) is 1.21. The van der Waals surface area contributed by atoms with Gasteiger partial charge in [0.15, 0.2) is 5.78 Å². The zero-order valence-corrected chi connectivity index (χ0v) is 7.03. The summed E-state index contributed by atoms with van der Waals surface area (Å²) in [4.78, 5) is 10.9. The van der Waals surface area contributed by atoms with Crippen LogP contribution in [0.2, 0.25) is 0 Å². The second kappa shape index (κ2) is 2.69. The largest absolute Gasteiger partial charge is 0.293 e. The van der Waals surface area contributed by atoms with E-state index in [-0.39, 0.29) is 5.78 Å². The molecular weight excluding hydrogens is 154 g/mol. The van der Waals surface area contributed by atoms with Crippen LogP contribution < -0.4 is 0 Å². The van der Waals surface area contributed by atoms with E-state index in [1.54, 1.807) is 10.9 Å². The number of carbonyl (C=O) groups excluding carboxylic acids is 1. The number of hydrogen-bond donors (Lipinski definition) is 0. The molecule has 1 aromatic heterocycles. The zero-order chi connectivity index (χ0) is 8.55. The summed E-state index contributed by atoms with van der Waals surface area (Å²) in [5.41, 5.74) is 0.474. The van der Waals surface area contributed by atoms with E-state index in [1.807, 2.05) is 0 Å². The van der Waals surface area contributed by atoms with Crippen LogP contribution in [-0.4, -0.2) is 20.8 Å². The van der Waals surface area contributed by atoms with E-state index < -0.39 is 0 Å². The highest BCUT2D eigenvalue weighted by atomic mass is 16.1. The van der Waals surface area contributed by atoms with Crippen molar-refractivity contribution in [3.8, 4) is 0 Å². The van der Waals surface area contributed by atoms with Crippen LogP contribution >= 0.6 is 0 Å². The van der Waals surface area contributed by atoms with Crippen molar-refractivity contribution >= 4 is 5.78 Å². The molecule has 0 aromatic carbocycles. The van der Waals surface area contributed by atoms with Gasteiger partial charge in [0.05, 0.1) is 12.2 Å². The summed E-state index contributed by atoms with van der Waals surface area (Å²) in [5.74, 6) is -0.0134. The maximum atomic E-state index is 10.9. The van der Waals surface area contributed by atoms with Gasteiger partial charge in [-0.2, -0.15) is 0 Å². The highest BCUT2D eigenvalue weighted by Gasteiger charge is 2.21. The molecule has 0 aliphatic heterocycles. The summed E-state index contributed by atoms with van der Waals surface area (Å²) in [6, 6.07) is 0.491. The van der Waals surface area contributed by atoms with Gasteiger partial charge in [-0.1, -0.05) is 5.21 Å². The Labute approximate surface area is 70.6 Å². The summed E-state index contributed by atoms with van der Waals surface area (Å²) in [5, 5.41) is 7.69. The lowest BCUT2D eigenvalue weighted by molar-refractivity contribution is 0.101. The molecule has 1 aliphatic carbocycles. The second-order valence-corrected chi connectivity index (χ2v) is 3.22. The topological polar surface area (TPSA) is 47.8 Å². The lowest BCUT2D eigenvalue weighted by Gasteiger charge is -2.24. The lowest BCUT2D eigenvalue weighted by Crippen LogP contribution is -2.17. The Morgan fingerprint density at radius 3 is 2.83 bits per heavy atom. The van der Waals surface area contributed by atoms with Crippen LogP contribution in [0.1, 0.15) is 42.7 Å². The molecule has 0 N–H and O–H groups in total. The number of Topliss-reactive ketones (excluding diaryl/α,β-unsaturated/α-hetero) is 1. The molecule has 1 heterocycles. The molecular formula is C8H11N3O. The van der Waals surface area contributed by atoms with Gasteiger partial charge in [-0.15, -0.1) is 5.10 Å². The van der Waals surface area contributed by atoms with E-state index in [2.05, 4.69) is 10.3 Å².